The lowest BCUT2D eigenvalue weighted by atomic mass is 9.94. The van der Waals surface area contributed by atoms with Crippen LogP contribution in [0.15, 0.2) is 71.8 Å². The van der Waals surface area contributed by atoms with Crippen LogP contribution in [0.4, 0.5) is 0 Å². The molecule has 0 radical (unpaired) electrons. The Morgan fingerprint density at radius 2 is 1.50 bits per heavy atom. The topological polar surface area (TPSA) is 52.6 Å². The maximum Gasteiger partial charge on any atom is 0.334 e. The van der Waals surface area contributed by atoms with E-state index in [1.165, 1.54) is 10.4 Å². The highest BCUT2D eigenvalue weighted by atomic mass is 28.4. The Balaban J connectivity index is 1.75. The van der Waals surface area contributed by atoms with E-state index in [-0.39, 0.29) is 41.8 Å². The van der Waals surface area contributed by atoms with Crippen molar-refractivity contribution < 1.29 is 18.8 Å². The maximum atomic E-state index is 13.0. The molecular weight excluding hydrogens is 392 g/mol. The van der Waals surface area contributed by atoms with Crippen molar-refractivity contribution in [1.82, 2.24) is 0 Å². The Labute approximate surface area is 179 Å². The van der Waals surface area contributed by atoms with Gasteiger partial charge in [0.1, 0.15) is 0 Å². The second-order valence-electron chi connectivity index (χ2n) is 9.19. The van der Waals surface area contributed by atoms with E-state index in [9.17, 15) is 9.59 Å². The summed E-state index contributed by atoms with van der Waals surface area (Å²) >= 11 is 0. The van der Waals surface area contributed by atoms with E-state index in [4.69, 9.17) is 9.16 Å². The van der Waals surface area contributed by atoms with E-state index in [0.29, 0.717) is 11.1 Å². The first-order valence-corrected chi connectivity index (χ1v) is 12.4. The summed E-state index contributed by atoms with van der Waals surface area (Å²) in [6, 6.07) is 20.8. The molecule has 2 atom stereocenters. The first kappa shape index (κ1) is 20.8. The Kier molecular flexibility index (Phi) is 5.28. The van der Waals surface area contributed by atoms with Gasteiger partial charge in [-0.1, -0.05) is 81.4 Å². The predicted octanol–water partition coefficient (Wildman–Crippen LogP) is 3.25. The van der Waals surface area contributed by atoms with Crippen LogP contribution < -0.4 is 10.4 Å². The Bertz CT molecular complexity index is 949. The molecule has 30 heavy (non-hydrogen) atoms. The number of fused-ring (bicyclic) bond motifs is 1. The van der Waals surface area contributed by atoms with E-state index in [2.05, 4.69) is 45.0 Å². The summed E-state index contributed by atoms with van der Waals surface area (Å²) in [5.74, 6) is -0.889. The molecule has 0 aromatic heterocycles. The van der Waals surface area contributed by atoms with E-state index in [1.807, 2.05) is 36.4 Å². The number of carbonyl (C=O) groups is 2. The molecule has 2 aromatic rings. The second kappa shape index (κ2) is 7.64. The molecular formula is C25H28O4Si. The first-order chi connectivity index (χ1) is 14.3. The van der Waals surface area contributed by atoms with Gasteiger partial charge >= 0.3 is 5.97 Å². The number of benzene rings is 2. The van der Waals surface area contributed by atoms with Gasteiger partial charge in [0.2, 0.25) is 0 Å². The van der Waals surface area contributed by atoms with Crippen LogP contribution in [0.1, 0.15) is 27.7 Å². The van der Waals surface area contributed by atoms with E-state index in [1.54, 1.807) is 6.92 Å². The van der Waals surface area contributed by atoms with Crippen molar-refractivity contribution in [2.75, 3.05) is 13.2 Å². The molecule has 2 aliphatic rings. The Hall–Kier alpha value is -2.50. The van der Waals surface area contributed by atoms with Crippen molar-refractivity contribution >= 4 is 30.4 Å². The summed E-state index contributed by atoms with van der Waals surface area (Å²) in [7, 11) is -2.73. The molecule has 0 unspecified atom stereocenters. The molecule has 4 nitrogen and oxygen atoms in total. The van der Waals surface area contributed by atoms with Gasteiger partial charge in [-0.3, -0.25) is 4.79 Å². The van der Waals surface area contributed by atoms with E-state index >= 15 is 0 Å². The van der Waals surface area contributed by atoms with Crippen molar-refractivity contribution in [3.63, 3.8) is 0 Å². The van der Waals surface area contributed by atoms with Crippen LogP contribution in [0.2, 0.25) is 5.04 Å². The van der Waals surface area contributed by atoms with E-state index in [0.717, 1.165) is 0 Å². The highest BCUT2D eigenvalue weighted by Gasteiger charge is 2.53. The number of Topliss-reactive ketones (excluding diaryl/α,β-unsaturated/α-hetero) is 1. The lowest BCUT2D eigenvalue weighted by molar-refractivity contribution is -0.136. The molecule has 1 fully saturated rings. The fourth-order valence-corrected chi connectivity index (χ4v) is 9.57. The molecule has 156 valence electrons. The van der Waals surface area contributed by atoms with Crippen LogP contribution >= 0.6 is 0 Å². The molecule has 0 amide bonds. The minimum Gasteiger partial charge on any atom is -0.462 e. The first-order valence-electron chi connectivity index (χ1n) is 10.4. The molecule has 1 saturated heterocycles. The van der Waals surface area contributed by atoms with Crippen LogP contribution in [0, 0.1) is 11.8 Å². The number of ketones is 1. The zero-order valence-electron chi connectivity index (χ0n) is 18.0. The van der Waals surface area contributed by atoms with Gasteiger partial charge in [-0.15, -0.1) is 0 Å². The molecule has 0 spiro atoms. The number of cyclic esters (lactones) is 1. The standard InChI is InChI=1S/C25H28O4Si/c1-17-22-20(15-28-24(22)27)21(23(17)26)16-29-30(25(2,3)4,18-11-7-5-8-12-18)19-13-9-6-10-14-19/h5-14,20-21H,15-16H2,1-4H3/t20-,21+/m1/s1. The number of esters is 1. The lowest BCUT2D eigenvalue weighted by Gasteiger charge is -2.43. The second-order valence-corrected chi connectivity index (χ2v) is 13.5. The Morgan fingerprint density at radius 3 is 2.00 bits per heavy atom. The van der Waals surface area contributed by atoms with Crippen LogP contribution in [-0.2, 0) is 18.8 Å². The number of allylic oxidation sites excluding steroid dienone is 1. The highest BCUT2D eigenvalue weighted by molar-refractivity contribution is 6.99. The summed E-state index contributed by atoms with van der Waals surface area (Å²) in [6.07, 6.45) is 0. The van der Waals surface area contributed by atoms with Crippen molar-refractivity contribution in [2.45, 2.75) is 32.7 Å². The molecule has 0 N–H and O–H groups in total. The minimum absolute atomic E-state index is 0.0181. The fraction of sp³-hybridized carbons (Fsp3) is 0.360. The molecule has 0 bridgehead atoms. The molecule has 0 saturated carbocycles. The van der Waals surface area contributed by atoms with Gasteiger partial charge in [0, 0.05) is 18.1 Å². The van der Waals surface area contributed by atoms with Gasteiger partial charge in [0.15, 0.2) is 5.78 Å². The monoisotopic (exact) mass is 420 g/mol. The average molecular weight is 421 g/mol. The third kappa shape index (κ3) is 3.17. The number of rotatable bonds is 5. The number of ether oxygens (including phenoxy) is 1. The number of carbonyl (C=O) groups excluding carboxylic acids is 2. The third-order valence-corrected chi connectivity index (χ3v) is 11.5. The number of hydrogen-bond acceptors (Lipinski definition) is 4. The molecule has 1 aliphatic carbocycles. The quantitative estimate of drug-likeness (QED) is 0.550. The van der Waals surface area contributed by atoms with Gasteiger partial charge in [0.25, 0.3) is 8.32 Å². The smallest absolute Gasteiger partial charge is 0.334 e. The van der Waals surface area contributed by atoms with E-state index < -0.39 is 8.32 Å². The summed E-state index contributed by atoms with van der Waals surface area (Å²) < 4.78 is 12.2. The minimum atomic E-state index is -2.73. The van der Waals surface area contributed by atoms with Crippen LogP contribution in [0.25, 0.3) is 0 Å². The molecule has 2 aromatic carbocycles. The summed E-state index contributed by atoms with van der Waals surface area (Å²) in [4.78, 5) is 25.1. The maximum absolute atomic E-state index is 13.0. The lowest BCUT2D eigenvalue weighted by Crippen LogP contribution is -2.67. The summed E-state index contributed by atoms with van der Waals surface area (Å²) in [5, 5.41) is 2.19. The van der Waals surface area contributed by atoms with Gasteiger partial charge < -0.3 is 9.16 Å². The van der Waals surface area contributed by atoms with Gasteiger partial charge in [-0.25, -0.2) is 4.79 Å². The molecule has 1 aliphatic heterocycles. The predicted molar refractivity (Wildman–Crippen MR) is 119 cm³/mol. The van der Waals surface area contributed by atoms with Crippen molar-refractivity contribution in [3.05, 3.63) is 71.8 Å². The SMILES string of the molecule is CC1=C2C(=O)OC[C@@H]2[C@H](CO[Si](c2ccccc2)(c2ccccc2)C(C)(C)C)C1=O. The van der Waals surface area contributed by atoms with Crippen molar-refractivity contribution in [3.8, 4) is 0 Å². The van der Waals surface area contributed by atoms with Crippen LogP contribution in [-0.4, -0.2) is 33.3 Å². The van der Waals surface area contributed by atoms with Gasteiger partial charge in [0.05, 0.1) is 18.1 Å². The van der Waals surface area contributed by atoms with Crippen LogP contribution in [0.5, 0.6) is 0 Å². The van der Waals surface area contributed by atoms with Gasteiger partial charge in [-0.05, 0) is 22.3 Å². The summed E-state index contributed by atoms with van der Waals surface area (Å²) in [5.41, 5.74) is 1.09. The highest BCUT2D eigenvalue weighted by Crippen LogP contribution is 2.42. The van der Waals surface area contributed by atoms with Crippen molar-refractivity contribution in [1.29, 1.82) is 0 Å². The molecule has 5 heteroatoms. The Morgan fingerprint density at radius 1 is 0.967 bits per heavy atom. The molecule has 1 heterocycles. The number of hydrogen-bond donors (Lipinski definition) is 0. The summed E-state index contributed by atoms with van der Waals surface area (Å²) in [6.45, 7) is 8.94. The average Bonchev–Trinajstić information content (AvgIpc) is 3.22. The zero-order chi connectivity index (χ0) is 21.5. The normalized spacial score (nSPS) is 21.7. The van der Waals surface area contributed by atoms with Gasteiger partial charge in [-0.2, -0.15) is 0 Å². The molecule has 4 rings (SSSR count). The zero-order valence-corrected chi connectivity index (χ0v) is 19.0. The van der Waals surface area contributed by atoms with Crippen LogP contribution in [0.3, 0.4) is 0 Å². The fourth-order valence-electron chi connectivity index (χ4n) is 4.99. The largest absolute Gasteiger partial charge is 0.462 e. The third-order valence-electron chi connectivity index (χ3n) is 6.48. The van der Waals surface area contributed by atoms with Crippen molar-refractivity contribution in [2.24, 2.45) is 11.8 Å².